The lowest BCUT2D eigenvalue weighted by Gasteiger charge is -1.97. The molecule has 18 heavy (non-hydrogen) atoms. The number of rotatable bonds is 1. The van der Waals surface area contributed by atoms with E-state index in [1.54, 1.807) is 12.1 Å². The molecule has 0 aliphatic heterocycles. The van der Waals surface area contributed by atoms with Crippen LogP contribution in [0.3, 0.4) is 0 Å². The first kappa shape index (κ1) is 11.3. The van der Waals surface area contributed by atoms with Crippen molar-refractivity contribution < 1.29 is 13.9 Å². The van der Waals surface area contributed by atoms with Crippen LogP contribution in [0.4, 0.5) is 0 Å². The van der Waals surface area contributed by atoms with Gasteiger partial charge in [-0.05, 0) is 36.4 Å². The molecule has 0 bridgehead atoms. The molecule has 0 amide bonds. The van der Waals surface area contributed by atoms with Crippen LogP contribution in [0.5, 0.6) is 0 Å². The maximum absolute atomic E-state index is 11.5. The largest absolute Gasteiger partial charge is 0.465 e. The number of esters is 1. The SMILES string of the molecule is COC(=O)c1ccc2c(c1)oc1ccc(Br)cc12. The zero-order valence-corrected chi connectivity index (χ0v) is 11.2. The molecule has 0 atom stereocenters. The molecule has 3 nitrogen and oxygen atoms in total. The zero-order valence-electron chi connectivity index (χ0n) is 9.57. The molecule has 3 aromatic rings. The lowest BCUT2D eigenvalue weighted by molar-refractivity contribution is 0.0601. The molecule has 0 saturated heterocycles. The summed E-state index contributed by atoms with van der Waals surface area (Å²) in [5, 5.41) is 2.01. The Morgan fingerprint density at radius 2 is 1.94 bits per heavy atom. The summed E-state index contributed by atoms with van der Waals surface area (Å²) in [6.45, 7) is 0. The summed E-state index contributed by atoms with van der Waals surface area (Å²) in [7, 11) is 1.36. The molecular weight excluding hydrogens is 296 g/mol. The monoisotopic (exact) mass is 304 g/mol. The standard InChI is InChI=1S/C14H9BrO3/c1-17-14(16)8-2-4-10-11-7-9(15)3-5-12(11)18-13(10)6-8/h2-7H,1H3. The minimum absolute atomic E-state index is 0.362. The van der Waals surface area contributed by atoms with Crippen molar-refractivity contribution in [3.63, 3.8) is 0 Å². The molecule has 0 spiro atoms. The molecule has 1 heterocycles. The summed E-state index contributed by atoms with van der Waals surface area (Å²) < 4.78 is 11.4. The second-order valence-electron chi connectivity index (χ2n) is 3.95. The van der Waals surface area contributed by atoms with Gasteiger partial charge >= 0.3 is 5.97 Å². The van der Waals surface area contributed by atoms with Crippen LogP contribution < -0.4 is 0 Å². The Morgan fingerprint density at radius 3 is 2.72 bits per heavy atom. The van der Waals surface area contributed by atoms with E-state index in [1.807, 2.05) is 24.3 Å². The number of carbonyl (C=O) groups is 1. The minimum atomic E-state index is -0.362. The quantitative estimate of drug-likeness (QED) is 0.634. The fourth-order valence-electron chi connectivity index (χ4n) is 1.99. The molecule has 2 aromatic carbocycles. The molecule has 1 aromatic heterocycles. The maximum Gasteiger partial charge on any atom is 0.337 e. The van der Waals surface area contributed by atoms with Crippen molar-refractivity contribution in [2.24, 2.45) is 0 Å². The number of carbonyl (C=O) groups excluding carboxylic acids is 1. The highest BCUT2D eigenvalue weighted by molar-refractivity contribution is 9.10. The summed E-state index contributed by atoms with van der Waals surface area (Å²) >= 11 is 3.44. The van der Waals surface area contributed by atoms with Crippen LogP contribution in [0, 0.1) is 0 Å². The molecule has 3 rings (SSSR count). The maximum atomic E-state index is 11.5. The van der Waals surface area contributed by atoms with Gasteiger partial charge in [0.1, 0.15) is 11.2 Å². The summed E-state index contributed by atoms with van der Waals surface area (Å²) in [4.78, 5) is 11.5. The van der Waals surface area contributed by atoms with E-state index in [4.69, 9.17) is 9.15 Å². The van der Waals surface area contributed by atoms with Crippen molar-refractivity contribution in [1.82, 2.24) is 0 Å². The van der Waals surface area contributed by atoms with E-state index in [0.717, 1.165) is 20.8 Å². The van der Waals surface area contributed by atoms with Gasteiger partial charge in [-0.3, -0.25) is 0 Å². The van der Waals surface area contributed by atoms with E-state index >= 15 is 0 Å². The molecule has 4 heteroatoms. The van der Waals surface area contributed by atoms with E-state index in [2.05, 4.69) is 15.9 Å². The molecule has 0 aliphatic rings. The smallest absolute Gasteiger partial charge is 0.337 e. The van der Waals surface area contributed by atoms with Crippen LogP contribution in [0.1, 0.15) is 10.4 Å². The number of ether oxygens (including phenoxy) is 1. The van der Waals surface area contributed by atoms with Crippen LogP contribution in [-0.2, 0) is 4.74 Å². The highest BCUT2D eigenvalue weighted by atomic mass is 79.9. The molecule has 0 unspecified atom stereocenters. The molecule has 90 valence electrons. The van der Waals surface area contributed by atoms with Gasteiger partial charge in [0.2, 0.25) is 0 Å². The second-order valence-corrected chi connectivity index (χ2v) is 4.86. The second kappa shape index (κ2) is 4.14. The van der Waals surface area contributed by atoms with E-state index in [1.165, 1.54) is 7.11 Å². The number of hydrogen-bond donors (Lipinski definition) is 0. The van der Waals surface area contributed by atoms with Crippen LogP contribution in [-0.4, -0.2) is 13.1 Å². The summed E-state index contributed by atoms with van der Waals surface area (Å²) in [5.41, 5.74) is 1.98. The predicted molar refractivity (Wildman–Crippen MR) is 72.8 cm³/mol. The van der Waals surface area contributed by atoms with Crippen molar-refractivity contribution in [2.75, 3.05) is 7.11 Å². The number of hydrogen-bond acceptors (Lipinski definition) is 3. The van der Waals surface area contributed by atoms with Crippen LogP contribution in [0.2, 0.25) is 0 Å². The van der Waals surface area contributed by atoms with E-state index in [9.17, 15) is 4.79 Å². The van der Waals surface area contributed by atoms with Gasteiger partial charge in [0.15, 0.2) is 0 Å². The van der Waals surface area contributed by atoms with Crippen molar-refractivity contribution >= 4 is 43.8 Å². The average molecular weight is 305 g/mol. The van der Waals surface area contributed by atoms with Gasteiger partial charge in [-0.1, -0.05) is 15.9 Å². The van der Waals surface area contributed by atoms with E-state index in [0.29, 0.717) is 11.1 Å². The molecule has 0 radical (unpaired) electrons. The van der Waals surface area contributed by atoms with Crippen LogP contribution >= 0.6 is 15.9 Å². The highest BCUT2D eigenvalue weighted by Gasteiger charge is 2.11. The molecule has 0 aliphatic carbocycles. The Hall–Kier alpha value is -1.81. The topological polar surface area (TPSA) is 39.4 Å². The number of benzene rings is 2. The van der Waals surface area contributed by atoms with Gasteiger partial charge in [-0.2, -0.15) is 0 Å². The van der Waals surface area contributed by atoms with Crippen molar-refractivity contribution in [3.05, 3.63) is 46.4 Å². The number of halogens is 1. The predicted octanol–water partition coefficient (Wildman–Crippen LogP) is 4.14. The first-order valence-electron chi connectivity index (χ1n) is 5.39. The normalized spacial score (nSPS) is 11.0. The molecule has 0 fully saturated rings. The van der Waals surface area contributed by atoms with Crippen molar-refractivity contribution in [3.8, 4) is 0 Å². The Bertz CT molecular complexity index is 758. The lowest BCUT2D eigenvalue weighted by atomic mass is 10.1. The summed E-state index contributed by atoms with van der Waals surface area (Å²) in [6, 6.07) is 11.1. The summed E-state index contributed by atoms with van der Waals surface area (Å²) in [5.74, 6) is -0.362. The van der Waals surface area contributed by atoms with Crippen molar-refractivity contribution in [2.45, 2.75) is 0 Å². The third kappa shape index (κ3) is 1.69. The molecular formula is C14H9BrO3. The minimum Gasteiger partial charge on any atom is -0.465 e. The number of methoxy groups -OCH3 is 1. The van der Waals surface area contributed by atoms with Gasteiger partial charge < -0.3 is 9.15 Å². The number of fused-ring (bicyclic) bond motifs is 3. The van der Waals surface area contributed by atoms with Crippen LogP contribution in [0.25, 0.3) is 21.9 Å². The molecule has 0 N–H and O–H groups in total. The van der Waals surface area contributed by atoms with Crippen LogP contribution in [0.15, 0.2) is 45.3 Å². The summed E-state index contributed by atoms with van der Waals surface area (Å²) in [6.07, 6.45) is 0. The highest BCUT2D eigenvalue weighted by Crippen LogP contribution is 2.31. The van der Waals surface area contributed by atoms with Gasteiger partial charge in [0.05, 0.1) is 12.7 Å². The third-order valence-electron chi connectivity index (χ3n) is 2.85. The average Bonchev–Trinajstić information content (AvgIpc) is 2.74. The van der Waals surface area contributed by atoms with Gasteiger partial charge in [0, 0.05) is 15.2 Å². The first-order valence-corrected chi connectivity index (χ1v) is 6.18. The third-order valence-corrected chi connectivity index (χ3v) is 3.35. The Balaban J connectivity index is 2.30. The first-order chi connectivity index (χ1) is 8.69. The zero-order chi connectivity index (χ0) is 12.7. The van der Waals surface area contributed by atoms with Gasteiger partial charge in [-0.25, -0.2) is 4.79 Å². The Morgan fingerprint density at radius 1 is 1.11 bits per heavy atom. The van der Waals surface area contributed by atoms with E-state index < -0.39 is 0 Å². The van der Waals surface area contributed by atoms with E-state index in [-0.39, 0.29) is 5.97 Å². The fraction of sp³-hybridized carbons (Fsp3) is 0.0714. The molecule has 0 saturated carbocycles. The fourth-order valence-corrected chi connectivity index (χ4v) is 2.36. The Labute approximate surface area is 111 Å². The Kier molecular flexibility index (Phi) is 2.59. The number of furan rings is 1. The van der Waals surface area contributed by atoms with Crippen molar-refractivity contribution in [1.29, 1.82) is 0 Å². The van der Waals surface area contributed by atoms with Gasteiger partial charge in [-0.15, -0.1) is 0 Å². The lowest BCUT2D eigenvalue weighted by Crippen LogP contribution is -1.99. The van der Waals surface area contributed by atoms with Gasteiger partial charge in [0.25, 0.3) is 0 Å².